The van der Waals surface area contributed by atoms with Gasteiger partial charge in [-0.05, 0) is 37.0 Å². The van der Waals surface area contributed by atoms with Crippen molar-refractivity contribution in [3.8, 4) is 0 Å². The predicted molar refractivity (Wildman–Crippen MR) is 71.8 cm³/mol. The Morgan fingerprint density at radius 2 is 2.33 bits per heavy atom. The largest absolute Gasteiger partial charge is 0.409 e. The number of hydrogen-bond acceptors (Lipinski definition) is 3. The summed E-state index contributed by atoms with van der Waals surface area (Å²) in [6, 6.07) is 0. The molecule has 94 valence electrons. The lowest BCUT2D eigenvalue weighted by Gasteiger charge is -2.24. The molecule has 0 aromatic carbocycles. The van der Waals surface area contributed by atoms with Gasteiger partial charge < -0.3 is 10.9 Å². The quantitative estimate of drug-likeness (QED) is 0.330. The Kier molecular flexibility index (Phi) is 2.74. The molecule has 0 fully saturated rings. The fourth-order valence-corrected chi connectivity index (χ4v) is 3.09. The van der Waals surface area contributed by atoms with Gasteiger partial charge in [-0.3, -0.25) is 4.99 Å². The van der Waals surface area contributed by atoms with Crippen molar-refractivity contribution in [1.82, 2.24) is 0 Å². The number of aliphatic imine (C=N–C) groups is 1. The van der Waals surface area contributed by atoms with E-state index >= 15 is 0 Å². The van der Waals surface area contributed by atoms with Crippen molar-refractivity contribution in [3.63, 3.8) is 0 Å². The number of allylic oxidation sites excluding steroid dienone is 5. The van der Waals surface area contributed by atoms with E-state index in [0.29, 0.717) is 0 Å². The molecule has 0 aromatic heterocycles. The molecule has 3 N–H and O–H groups in total. The van der Waals surface area contributed by atoms with E-state index in [-0.39, 0.29) is 17.7 Å². The van der Waals surface area contributed by atoms with Gasteiger partial charge in [0.25, 0.3) is 0 Å². The van der Waals surface area contributed by atoms with E-state index in [1.54, 1.807) is 0 Å². The van der Waals surface area contributed by atoms with E-state index in [1.807, 2.05) is 18.2 Å². The lowest BCUT2D eigenvalue weighted by molar-refractivity contribution is 0.313. The van der Waals surface area contributed by atoms with Crippen molar-refractivity contribution in [2.45, 2.75) is 19.3 Å². The first kappa shape index (κ1) is 11.5. The summed E-state index contributed by atoms with van der Waals surface area (Å²) < 4.78 is 0. The van der Waals surface area contributed by atoms with Crippen LogP contribution >= 0.6 is 11.6 Å². The summed E-state index contributed by atoms with van der Waals surface area (Å²) in [5.74, 6) is 0.383. The fourth-order valence-electron chi connectivity index (χ4n) is 2.90. The van der Waals surface area contributed by atoms with E-state index < -0.39 is 0 Å². The first-order valence-corrected chi connectivity index (χ1v) is 6.43. The molecule has 5 heteroatoms. The van der Waals surface area contributed by atoms with Gasteiger partial charge in [-0.25, -0.2) is 0 Å². The highest BCUT2D eigenvalue weighted by atomic mass is 35.5. The zero-order chi connectivity index (χ0) is 12.7. The molecule has 0 spiro atoms. The molecule has 0 unspecified atom stereocenters. The molecule has 0 bridgehead atoms. The van der Waals surface area contributed by atoms with Crippen LogP contribution in [0.5, 0.6) is 0 Å². The molecule has 2 atom stereocenters. The Morgan fingerprint density at radius 1 is 1.50 bits per heavy atom. The molecule has 3 aliphatic rings. The molecular weight excluding hydrogens is 250 g/mol. The zero-order valence-corrected chi connectivity index (χ0v) is 10.6. The normalized spacial score (nSPS) is 30.8. The van der Waals surface area contributed by atoms with Gasteiger partial charge in [0.05, 0.1) is 17.3 Å². The van der Waals surface area contributed by atoms with E-state index in [4.69, 9.17) is 22.5 Å². The van der Waals surface area contributed by atoms with Gasteiger partial charge in [0, 0.05) is 11.0 Å². The van der Waals surface area contributed by atoms with Crippen LogP contribution in [0.25, 0.3) is 0 Å². The van der Waals surface area contributed by atoms with Gasteiger partial charge in [-0.15, -0.1) is 0 Å². The molecular formula is C13H14ClN3O. The van der Waals surface area contributed by atoms with Gasteiger partial charge in [0.1, 0.15) is 5.84 Å². The van der Waals surface area contributed by atoms with Crippen molar-refractivity contribution in [1.29, 1.82) is 0 Å². The standard InChI is InChI=1S/C13H14ClN3O/c14-7-4-5-11-10(6-7)8-2-1-3-9(12(8)16-11)13(15)17-18/h4-6,9-10,18H,1-3H2,(H2,15,17)/t9-,10-/m0/s1. The number of nitrogens with zero attached hydrogens (tertiary/aromatic N) is 2. The van der Waals surface area contributed by atoms with E-state index in [2.05, 4.69) is 10.1 Å². The van der Waals surface area contributed by atoms with Crippen LogP contribution in [-0.4, -0.2) is 16.8 Å². The summed E-state index contributed by atoms with van der Waals surface area (Å²) in [4.78, 5) is 4.65. The molecule has 0 saturated heterocycles. The zero-order valence-electron chi connectivity index (χ0n) is 9.81. The van der Waals surface area contributed by atoms with Gasteiger partial charge in [0.15, 0.2) is 0 Å². The maximum atomic E-state index is 8.85. The van der Waals surface area contributed by atoms with Crippen LogP contribution < -0.4 is 5.73 Å². The maximum absolute atomic E-state index is 8.85. The van der Waals surface area contributed by atoms with Crippen LogP contribution in [-0.2, 0) is 0 Å². The van der Waals surface area contributed by atoms with E-state index in [0.717, 1.165) is 35.7 Å². The number of amidine groups is 1. The Labute approximate surface area is 110 Å². The van der Waals surface area contributed by atoms with Crippen LogP contribution in [0.1, 0.15) is 19.3 Å². The number of halogens is 1. The van der Waals surface area contributed by atoms with Crippen molar-refractivity contribution in [2.24, 2.45) is 27.7 Å². The van der Waals surface area contributed by atoms with E-state index in [9.17, 15) is 0 Å². The second-order valence-corrected chi connectivity index (χ2v) is 5.22. The Morgan fingerprint density at radius 3 is 3.11 bits per heavy atom. The van der Waals surface area contributed by atoms with Crippen LogP contribution in [0.4, 0.5) is 0 Å². The number of fused-ring (bicyclic) bond motifs is 2. The summed E-state index contributed by atoms with van der Waals surface area (Å²) in [5.41, 5.74) is 9.02. The third kappa shape index (κ3) is 1.68. The molecule has 1 heterocycles. The second-order valence-electron chi connectivity index (χ2n) is 4.78. The smallest absolute Gasteiger partial charge is 0.148 e. The maximum Gasteiger partial charge on any atom is 0.148 e. The molecule has 0 amide bonds. The van der Waals surface area contributed by atoms with Crippen LogP contribution in [0.2, 0.25) is 0 Å². The summed E-state index contributed by atoms with van der Waals surface area (Å²) in [6.07, 6.45) is 8.77. The monoisotopic (exact) mass is 263 g/mol. The number of rotatable bonds is 1. The number of hydrogen-bond donors (Lipinski definition) is 2. The van der Waals surface area contributed by atoms with Gasteiger partial charge in [-0.1, -0.05) is 22.8 Å². The topological polar surface area (TPSA) is 71.0 Å². The minimum atomic E-state index is -0.0579. The number of nitrogens with two attached hydrogens (primary N) is 1. The molecule has 0 aromatic rings. The highest BCUT2D eigenvalue weighted by Crippen LogP contribution is 2.42. The molecule has 0 saturated carbocycles. The average molecular weight is 264 g/mol. The molecule has 18 heavy (non-hydrogen) atoms. The van der Waals surface area contributed by atoms with E-state index in [1.165, 1.54) is 5.57 Å². The molecule has 2 aliphatic carbocycles. The summed E-state index contributed by atoms with van der Waals surface area (Å²) in [6.45, 7) is 0. The van der Waals surface area contributed by atoms with Crippen molar-refractivity contribution in [2.75, 3.05) is 0 Å². The van der Waals surface area contributed by atoms with Gasteiger partial charge in [-0.2, -0.15) is 0 Å². The summed E-state index contributed by atoms with van der Waals surface area (Å²) in [5, 5.41) is 12.7. The van der Waals surface area contributed by atoms with Crippen LogP contribution in [0, 0.1) is 11.8 Å². The molecule has 1 aliphatic heterocycles. The van der Waals surface area contributed by atoms with Gasteiger partial charge >= 0.3 is 0 Å². The Balaban J connectivity index is 2.03. The summed E-state index contributed by atoms with van der Waals surface area (Å²) in [7, 11) is 0. The third-order valence-electron chi connectivity index (χ3n) is 3.75. The molecule has 0 radical (unpaired) electrons. The van der Waals surface area contributed by atoms with Crippen molar-refractivity contribution in [3.05, 3.63) is 34.5 Å². The van der Waals surface area contributed by atoms with Gasteiger partial charge in [0.2, 0.25) is 0 Å². The molecule has 3 rings (SSSR count). The number of oxime groups is 1. The summed E-state index contributed by atoms with van der Waals surface area (Å²) >= 11 is 6.05. The predicted octanol–water partition coefficient (Wildman–Crippen LogP) is 2.55. The Bertz CT molecular complexity index is 542. The lowest BCUT2D eigenvalue weighted by atomic mass is 9.81. The highest BCUT2D eigenvalue weighted by molar-refractivity contribution is 6.32. The third-order valence-corrected chi connectivity index (χ3v) is 4.01. The average Bonchev–Trinajstić information content (AvgIpc) is 2.75. The van der Waals surface area contributed by atoms with Crippen LogP contribution in [0.3, 0.4) is 0 Å². The lowest BCUT2D eigenvalue weighted by Crippen LogP contribution is -2.27. The van der Waals surface area contributed by atoms with Crippen molar-refractivity contribution < 1.29 is 5.21 Å². The molecule has 4 nitrogen and oxygen atoms in total. The van der Waals surface area contributed by atoms with Crippen molar-refractivity contribution >= 4 is 23.1 Å². The van der Waals surface area contributed by atoms with Crippen LogP contribution in [0.15, 0.2) is 44.7 Å². The SMILES string of the molecule is NC(=NO)[C@H]1CCCC2=C1N=C1C=CC(Cl)=C[C@H]12. The first-order valence-electron chi connectivity index (χ1n) is 6.05. The Hall–Kier alpha value is -1.55. The highest BCUT2D eigenvalue weighted by Gasteiger charge is 2.36. The first-order chi connectivity index (χ1) is 8.70. The fraction of sp³-hybridized carbons (Fsp3) is 0.385. The minimum Gasteiger partial charge on any atom is -0.409 e. The second kappa shape index (κ2) is 4.28. The minimum absolute atomic E-state index is 0.0579.